The smallest absolute Gasteiger partial charge is 0.334 e. The first kappa shape index (κ1) is 24.0. The normalized spacial score (nSPS) is 34.3. The van der Waals surface area contributed by atoms with Gasteiger partial charge in [0, 0.05) is 29.1 Å². The summed E-state index contributed by atoms with van der Waals surface area (Å²) in [5, 5.41) is 11.1. The highest BCUT2D eigenvalue weighted by molar-refractivity contribution is 5.92. The maximum Gasteiger partial charge on any atom is 0.334 e. The molecule has 3 rings (SSSR count). The SMILES string of the molecule is C=C1C(=O)O[C@@H]2C[C@@]3(C)C(=C(C)[C@@H](OC(=O)C=C(C)C)C[C@@H]3O)[C@@H](OC(=O)/C(C)=C/C)[C@H]12. The molecule has 2 aliphatic carbocycles. The summed E-state index contributed by atoms with van der Waals surface area (Å²) < 4.78 is 17.1. The summed E-state index contributed by atoms with van der Waals surface area (Å²) >= 11 is 0. The Hall–Kier alpha value is -2.67. The molecule has 0 spiro atoms. The van der Waals surface area contributed by atoms with Crippen molar-refractivity contribution in [3.8, 4) is 0 Å². The largest absolute Gasteiger partial charge is 0.458 e. The van der Waals surface area contributed by atoms with Gasteiger partial charge in [-0.15, -0.1) is 0 Å². The number of ether oxygens (including phenoxy) is 3. The van der Waals surface area contributed by atoms with Gasteiger partial charge in [-0.25, -0.2) is 14.4 Å². The molecule has 1 aliphatic heterocycles. The van der Waals surface area contributed by atoms with E-state index in [1.807, 2.05) is 13.8 Å². The lowest BCUT2D eigenvalue weighted by Crippen LogP contribution is -2.55. The van der Waals surface area contributed by atoms with E-state index in [-0.39, 0.29) is 12.0 Å². The topological polar surface area (TPSA) is 99.1 Å². The Balaban J connectivity index is 2.10. The van der Waals surface area contributed by atoms with Gasteiger partial charge in [0.1, 0.15) is 18.3 Å². The molecule has 32 heavy (non-hydrogen) atoms. The fourth-order valence-electron chi connectivity index (χ4n) is 5.03. The highest BCUT2D eigenvalue weighted by atomic mass is 16.6. The maximum atomic E-state index is 12.7. The molecule has 7 nitrogen and oxygen atoms in total. The molecule has 1 heterocycles. The number of aliphatic hydroxyl groups is 1. The first-order valence-electron chi connectivity index (χ1n) is 10.9. The average Bonchev–Trinajstić information content (AvgIpc) is 2.97. The van der Waals surface area contributed by atoms with Crippen molar-refractivity contribution in [1.29, 1.82) is 0 Å². The summed E-state index contributed by atoms with van der Waals surface area (Å²) in [6.07, 6.45) is 0.628. The second-order valence-electron chi connectivity index (χ2n) is 9.41. The van der Waals surface area contributed by atoms with E-state index in [2.05, 4.69) is 6.58 Å². The molecule has 2 fully saturated rings. The molecule has 0 bridgehead atoms. The summed E-state index contributed by atoms with van der Waals surface area (Å²) in [5.74, 6) is -2.11. The zero-order chi connectivity index (χ0) is 24.0. The van der Waals surface area contributed by atoms with Gasteiger partial charge in [-0.2, -0.15) is 0 Å². The molecule has 0 radical (unpaired) electrons. The molecular formula is C25H32O7. The second-order valence-corrected chi connectivity index (χ2v) is 9.41. The van der Waals surface area contributed by atoms with Gasteiger partial charge in [0.15, 0.2) is 0 Å². The van der Waals surface area contributed by atoms with Crippen molar-refractivity contribution < 1.29 is 33.7 Å². The number of esters is 3. The molecule has 0 unspecified atom stereocenters. The molecule has 174 valence electrons. The zero-order valence-electron chi connectivity index (χ0n) is 19.6. The quantitative estimate of drug-likeness (QED) is 0.307. The Morgan fingerprint density at radius 1 is 1.25 bits per heavy atom. The van der Waals surface area contributed by atoms with Gasteiger partial charge in [-0.3, -0.25) is 0 Å². The highest BCUT2D eigenvalue weighted by Gasteiger charge is 2.60. The standard InChI is InChI=1S/C25H32O7/c1-8-13(4)23(28)32-22-20-15(6)24(29)31-17(20)11-25(7)18(26)10-16(14(5)21(22)25)30-19(27)9-12(2)3/h8-9,16-18,20,22,26H,6,10-11H2,1-5,7H3/b13-8+/t16-,17+,18-,20+,22-,25+/m0/s1. The first-order valence-corrected chi connectivity index (χ1v) is 10.9. The van der Waals surface area contributed by atoms with Crippen LogP contribution in [0.5, 0.6) is 0 Å². The van der Waals surface area contributed by atoms with Crippen molar-refractivity contribution in [3.05, 3.63) is 46.6 Å². The van der Waals surface area contributed by atoms with Crippen molar-refractivity contribution in [3.63, 3.8) is 0 Å². The molecular weight excluding hydrogens is 412 g/mol. The van der Waals surface area contributed by atoms with Gasteiger partial charge in [0.25, 0.3) is 0 Å². The Kier molecular flexibility index (Phi) is 6.52. The van der Waals surface area contributed by atoms with Crippen molar-refractivity contribution in [2.24, 2.45) is 11.3 Å². The van der Waals surface area contributed by atoms with Crippen LogP contribution in [0.3, 0.4) is 0 Å². The Morgan fingerprint density at radius 3 is 2.50 bits per heavy atom. The molecule has 1 N–H and O–H groups in total. The molecule has 0 aromatic carbocycles. The van der Waals surface area contributed by atoms with Crippen LogP contribution in [0.25, 0.3) is 0 Å². The van der Waals surface area contributed by atoms with Crippen LogP contribution in [-0.2, 0) is 28.6 Å². The second kappa shape index (κ2) is 8.70. The molecule has 7 heteroatoms. The van der Waals surface area contributed by atoms with Gasteiger partial charge in [0.2, 0.25) is 0 Å². The summed E-state index contributed by atoms with van der Waals surface area (Å²) in [6, 6.07) is 0. The molecule has 6 atom stereocenters. The number of hydrogen-bond donors (Lipinski definition) is 1. The van der Waals surface area contributed by atoms with Crippen molar-refractivity contribution in [1.82, 2.24) is 0 Å². The molecule has 0 aromatic rings. The number of allylic oxidation sites excluding steroid dienone is 2. The third-order valence-corrected chi connectivity index (χ3v) is 6.91. The zero-order valence-corrected chi connectivity index (χ0v) is 19.6. The van der Waals surface area contributed by atoms with Gasteiger partial charge in [-0.1, -0.05) is 25.2 Å². The van der Waals surface area contributed by atoms with Gasteiger partial charge in [0.05, 0.1) is 12.0 Å². The molecule has 1 saturated carbocycles. The van der Waals surface area contributed by atoms with Crippen LogP contribution in [0.2, 0.25) is 0 Å². The van der Waals surface area contributed by atoms with Crippen LogP contribution in [0.15, 0.2) is 46.6 Å². The van der Waals surface area contributed by atoms with Crippen LogP contribution in [-0.4, -0.2) is 47.4 Å². The Labute approximate surface area is 188 Å². The van der Waals surface area contributed by atoms with Gasteiger partial charge in [-0.05, 0) is 52.2 Å². The van der Waals surface area contributed by atoms with E-state index in [1.54, 1.807) is 33.8 Å². The number of hydrogen-bond acceptors (Lipinski definition) is 7. The lowest BCUT2D eigenvalue weighted by molar-refractivity contribution is -0.157. The van der Waals surface area contributed by atoms with Crippen molar-refractivity contribution >= 4 is 17.9 Å². The predicted octanol–water partition coefficient (Wildman–Crippen LogP) is 3.33. The third-order valence-electron chi connectivity index (χ3n) is 6.91. The van der Waals surface area contributed by atoms with Crippen LogP contribution >= 0.6 is 0 Å². The molecule has 1 saturated heterocycles. The minimum absolute atomic E-state index is 0.203. The highest BCUT2D eigenvalue weighted by Crippen LogP contribution is 2.56. The summed E-state index contributed by atoms with van der Waals surface area (Å²) in [5.41, 5.74) is 2.04. The van der Waals surface area contributed by atoms with Crippen LogP contribution < -0.4 is 0 Å². The van der Waals surface area contributed by atoms with E-state index in [0.29, 0.717) is 17.6 Å². The minimum Gasteiger partial charge on any atom is -0.458 e. The number of rotatable bonds is 4. The lowest BCUT2D eigenvalue weighted by Gasteiger charge is -2.52. The van der Waals surface area contributed by atoms with E-state index >= 15 is 0 Å². The van der Waals surface area contributed by atoms with Crippen LogP contribution in [0, 0.1) is 11.3 Å². The minimum atomic E-state index is -0.886. The monoisotopic (exact) mass is 444 g/mol. The van der Waals surface area contributed by atoms with Gasteiger partial charge >= 0.3 is 17.9 Å². The Bertz CT molecular complexity index is 949. The van der Waals surface area contributed by atoms with Gasteiger partial charge < -0.3 is 19.3 Å². The van der Waals surface area contributed by atoms with E-state index in [9.17, 15) is 19.5 Å². The fourth-order valence-corrected chi connectivity index (χ4v) is 5.03. The summed E-state index contributed by atoms with van der Waals surface area (Å²) in [6.45, 7) is 14.6. The Morgan fingerprint density at radius 2 is 1.91 bits per heavy atom. The van der Waals surface area contributed by atoms with E-state index in [0.717, 1.165) is 11.1 Å². The molecule has 0 amide bonds. The predicted molar refractivity (Wildman–Crippen MR) is 117 cm³/mol. The summed E-state index contributed by atoms with van der Waals surface area (Å²) in [7, 11) is 0. The first-order chi connectivity index (χ1) is 14.9. The average molecular weight is 445 g/mol. The lowest BCUT2D eigenvalue weighted by atomic mass is 9.57. The van der Waals surface area contributed by atoms with Crippen LogP contribution in [0.4, 0.5) is 0 Å². The molecule has 0 aromatic heterocycles. The van der Waals surface area contributed by atoms with E-state index in [4.69, 9.17) is 14.2 Å². The molecule has 3 aliphatic rings. The number of carbonyl (C=O) groups is 3. The number of fused-ring (bicyclic) bond motifs is 2. The van der Waals surface area contributed by atoms with Crippen LogP contribution in [0.1, 0.15) is 54.4 Å². The van der Waals surface area contributed by atoms with E-state index < -0.39 is 53.7 Å². The number of aliphatic hydroxyl groups excluding tert-OH is 1. The van der Waals surface area contributed by atoms with E-state index in [1.165, 1.54) is 6.08 Å². The fraction of sp³-hybridized carbons (Fsp3) is 0.560. The maximum absolute atomic E-state index is 12.7. The van der Waals surface area contributed by atoms with Crippen molar-refractivity contribution in [2.75, 3.05) is 0 Å². The van der Waals surface area contributed by atoms with Crippen molar-refractivity contribution in [2.45, 2.75) is 78.8 Å². The third kappa shape index (κ3) is 4.06. The summed E-state index contributed by atoms with van der Waals surface area (Å²) in [4.78, 5) is 37.4. The number of carbonyl (C=O) groups excluding carboxylic acids is 3.